The predicted octanol–water partition coefficient (Wildman–Crippen LogP) is 2.81. The van der Waals surface area contributed by atoms with Crippen molar-refractivity contribution in [1.29, 1.82) is 0 Å². The first kappa shape index (κ1) is 17.5. The van der Waals surface area contributed by atoms with Gasteiger partial charge < -0.3 is 24.3 Å². The number of alkyl halides is 2. The normalized spacial score (nSPS) is 13.8. The fourth-order valence-electron chi connectivity index (χ4n) is 2.17. The van der Waals surface area contributed by atoms with Crippen molar-refractivity contribution in [2.24, 2.45) is 0 Å². The van der Waals surface area contributed by atoms with Crippen molar-refractivity contribution in [3.63, 3.8) is 0 Å². The maximum atomic E-state index is 13.0. The van der Waals surface area contributed by atoms with Gasteiger partial charge in [-0.05, 0) is 36.4 Å². The van der Waals surface area contributed by atoms with Gasteiger partial charge in [-0.1, -0.05) is 0 Å². The average Bonchev–Trinajstić information content (AvgIpc) is 2.92. The van der Waals surface area contributed by atoms with Crippen molar-refractivity contribution >= 4 is 17.6 Å². The van der Waals surface area contributed by atoms with Gasteiger partial charge in [0.2, 0.25) is 0 Å². The number of hydrogen-bond acceptors (Lipinski definition) is 6. The van der Waals surface area contributed by atoms with Gasteiger partial charge in [0.25, 0.3) is 5.91 Å². The maximum Gasteiger partial charge on any atom is 0.586 e. The highest BCUT2D eigenvalue weighted by atomic mass is 19.3. The number of methoxy groups -OCH3 is 1. The highest BCUT2D eigenvalue weighted by molar-refractivity contribution is 5.95. The number of rotatable bonds is 5. The minimum atomic E-state index is -3.74. The van der Waals surface area contributed by atoms with Gasteiger partial charge in [0.1, 0.15) is 5.75 Å². The van der Waals surface area contributed by atoms with Crippen LogP contribution < -0.4 is 19.5 Å². The molecule has 7 nitrogen and oxygen atoms in total. The summed E-state index contributed by atoms with van der Waals surface area (Å²) in [7, 11) is 1.49. The molecule has 1 amide bonds. The number of carbonyl (C=O) groups excluding carboxylic acids is 2. The monoisotopic (exact) mass is 365 g/mol. The highest BCUT2D eigenvalue weighted by Gasteiger charge is 2.43. The lowest BCUT2D eigenvalue weighted by Gasteiger charge is -2.07. The number of anilines is 1. The molecule has 0 bridgehead atoms. The number of hydrogen-bond donors (Lipinski definition) is 1. The van der Waals surface area contributed by atoms with Crippen molar-refractivity contribution in [2.75, 3.05) is 19.0 Å². The van der Waals surface area contributed by atoms with Gasteiger partial charge in [0.15, 0.2) is 18.1 Å². The molecule has 0 unspecified atom stereocenters. The minimum Gasteiger partial charge on any atom is -0.497 e. The topological polar surface area (TPSA) is 83.1 Å². The zero-order valence-electron chi connectivity index (χ0n) is 13.5. The SMILES string of the molecule is COc1ccc(C(=O)OCC(=O)Nc2ccc3c(c2)OC(F)(F)O3)cc1. The van der Waals surface area contributed by atoms with E-state index in [0.29, 0.717) is 5.75 Å². The van der Waals surface area contributed by atoms with E-state index >= 15 is 0 Å². The molecule has 3 rings (SSSR count). The first-order valence-electron chi connectivity index (χ1n) is 7.37. The van der Waals surface area contributed by atoms with E-state index in [9.17, 15) is 18.4 Å². The van der Waals surface area contributed by atoms with Crippen LogP contribution in [-0.2, 0) is 9.53 Å². The number of carbonyl (C=O) groups is 2. The molecule has 0 aromatic heterocycles. The van der Waals surface area contributed by atoms with Crippen LogP contribution >= 0.6 is 0 Å². The van der Waals surface area contributed by atoms with Crippen LogP contribution in [0.1, 0.15) is 10.4 Å². The lowest BCUT2D eigenvalue weighted by molar-refractivity contribution is -0.286. The van der Waals surface area contributed by atoms with E-state index in [0.717, 1.165) is 0 Å². The van der Waals surface area contributed by atoms with Crippen LogP contribution in [0, 0.1) is 0 Å². The number of fused-ring (bicyclic) bond motifs is 1. The van der Waals surface area contributed by atoms with Crippen molar-refractivity contribution < 1.29 is 37.3 Å². The van der Waals surface area contributed by atoms with Crippen molar-refractivity contribution in [1.82, 2.24) is 0 Å². The number of benzene rings is 2. The van der Waals surface area contributed by atoms with E-state index in [1.54, 1.807) is 12.1 Å². The Kier molecular flexibility index (Phi) is 4.61. The summed E-state index contributed by atoms with van der Waals surface area (Å²) >= 11 is 0. The van der Waals surface area contributed by atoms with Crippen LogP contribution in [0.2, 0.25) is 0 Å². The standard InChI is InChI=1S/C17H13F2NO6/c1-23-12-5-2-10(3-6-12)16(22)24-9-15(21)20-11-4-7-13-14(8-11)26-17(18,19)25-13/h2-8H,9H2,1H3,(H,20,21). The number of halogens is 2. The predicted molar refractivity (Wildman–Crippen MR) is 84.6 cm³/mol. The molecular formula is C17H13F2NO6. The summed E-state index contributed by atoms with van der Waals surface area (Å²) in [6.45, 7) is -0.546. The zero-order chi connectivity index (χ0) is 18.7. The Hall–Kier alpha value is -3.36. The number of nitrogens with one attached hydrogen (secondary N) is 1. The molecule has 0 aliphatic carbocycles. The molecule has 0 saturated heterocycles. The zero-order valence-corrected chi connectivity index (χ0v) is 13.5. The van der Waals surface area contributed by atoms with Gasteiger partial charge in [-0.15, -0.1) is 8.78 Å². The van der Waals surface area contributed by atoms with E-state index in [-0.39, 0.29) is 22.7 Å². The Morgan fingerprint density at radius 1 is 1.08 bits per heavy atom. The second kappa shape index (κ2) is 6.87. The van der Waals surface area contributed by atoms with E-state index in [1.807, 2.05) is 0 Å². The van der Waals surface area contributed by atoms with Gasteiger partial charge in [-0.2, -0.15) is 0 Å². The van der Waals surface area contributed by atoms with Crippen molar-refractivity contribution in [2.45, 2.75) is 6.29 Å². The quantitative estimate of drug-likeness (QED) is 0.821. The Labute approximate surface area is 146 Å². The fourth-order valence-corrected chi connectivity index (χ4v) is 2.17. The molecule has 0 fully saturated rings. The Bertz CT molecular complexity index is 838. The van der Waals surface area contributed by atoms with Gasteiger partial charge in [0.05, 0.1) is 12.7 Å². The third kappa shape index (κ3) is 4.00. The number of esters is 1. The summed E-state index contributed by atoms with van der Waals surface area (Å²) in [5, 5.41) is 2.41. The third-order valence-electron chi connectivity index (χ3n) is 3.35. The van der Waals surface area contributed by atoms with Gasteiger partial charge in [-0.25, -0.2) is 4.79 Å². The van der Waals surface area contributed by atoms with Gasteiger partial charge in [-0.3, -0.25) is 4.79 Å². The van der Waals surface area contributed by atoms with E-state index < -0.39 is 24.8 Å². The molecule has 0 atom stereocenters. The molecule has 26 heavy (non-hydrogen) atoms. The Morgan fingerprint density at radius 2 is 1.77 bits per heavy atom. The second-order valence-electron chi connectivity index (χ2n) is 5.18. The molecule has 0 saturated carbocycles. The number of ether oxygens (including phenoxy) is 4. The maximum absolute atomic E-state index is 13.0. The fraction of sp³-hybridized carbons (Fsp3) is 0.176. The largest absolute Gasteiger partial charge is 0.586 e. The van der Waals surface area contributed by atoms with E-state index in [2.05, 4.69) is 14.8 Å². The molecule has 1 N–H and O–H groups in total. The van der Waals surface area contributed by atoms with Gasteiger partial charge in [0, 0.05) is 11.8 Å². The molecule has 1 aliphatic rings. The van der Waals surface area contributed by atoms with Crippen molar-refractivity contribution in [3.8, 4) is 17.2 Å². The lowest BCUT2D eigenvalue weighted by Crippen LogP contribution is -2.25. The average molecular weight is 365 g/mol. The van der Waals surface area contributed by atoms with Gasteiger partial charge >= 0.3 is 12.3 Å². The summed E-state index contributed by atoms with van der Waals surface area (Å²) in [6, 6.07) is 9.92. The first-order valence-corrected chi connectivity index (χ1v) is 7.37. The minimum absolute atomic E-state index is 0.140. The highest BCUT2D eigenvalue weighted by Crippen LogP contribution is 2.42. The summed E-state index contributed by atoms with van der Waals surface area (Å²) in [5.74, 6) is -1.10. The molecule has 2 aromatic rings. The van der Waals surface area contributed by atoms with Crippen LogP contribution in [0.4, 0.5) is 14.5 Å². The molecule has 9 heteroatoms. The summed E-state index contributed by atoms with van der Waals surface area (Å²) in [6.07, 6.45) is -3.74. The van der Waals surface area contributed by atoms with E-state index in [4.69, 9.17) is 9.47 Å². The molecule has 1 aliphatic heterocycles. The first-order chi connectivity index (χ1) is 12.4. The molecular weight excluding hydrogens is 352 g/mol. The molecule has 1 heterocycles. The number of amides is 1. The Balaban J connectivity index is 1.54. The molecule has 2 aromatic carbocycles. The van der Waals surface area contributed by atoms with Crippen LogP contribution in [0.25, 0.3) is 0 Å². The smallest absolute Gasteiger partial charge is 0.497 e. The van der Waals surface area contributed by atoms with Crippen LogP contribution in [0.5, 0.6) is 17.2 Å². The van der Waals surface area contributed by atoms with Crippen LogP contribution in [0.15, 0.2) is 42.5 Å². The van der Waals surface area contributed by atoms with Crippen molar-refractivity contribution in [3.05, 3.63) is 48.0 Å². The summed E-state index contributed by atoms with van der Waals surface area (Å²) < 4.78 is 44.3. The lowest BCUT2D eigenvalue weighted by atomic mass is 10.2. The second-order valence-corrected chi connectivity index (χ2v) is 5.18. The summed E-state index contributed by atoms with van der Waals surface area (Å²) in [4.78, 5) is 23.7. The third-order valence-corrected chi connectivity index (χ3v) is 3.35. The van der Waals surface area contributed by atoms with E-state index in [1.165, 1.54) is 37.4 Å². The summed E-state index contributed by atoms with van der Waals surface area (Å²) in [5.41, 5.74) is 0.444. The van der Waals surface area contributed by atoms with Crippen LogP contribution in [-0.4, -0.2) is 31.9 Å². The Morgan fingerprint density at radius 3 is 2.46 bits per heavy atom. The molecule has 136 valence electrons. The molecule has 0 spiro atoms. The molecule has 0 radical (unpaired) electrons. The van der Waals surface area contributed by atoms with Crippen LogP contribution in [0.3, 0.4) is 0 Å².